The van der Waals surface area contributed by atoms with Gasteiger partial charge in [0.15, 0.2) is 0 Å². The Labute approximate surface area is 174 Å². The van der Waals surface area contributed by atoms with E-state index in [4.69, 9.17) is 17.3 Å². The summed E-state index contributed by atoms with van der Waals surface area (Å²) >= 11 is 6.49. The first-order valence-corrected chi connectivity index (χ1v) is 9.89. The number of nitrogens with zero attached hydrogens (tertiary/aromatic N) is 3. The van der Waals surface area contributed by atoms with E-state index in [2.05, 4.69) is 4.98 Å². The fraction of sp³-hybridized carbons (Fsp3) is 0.227. The molecule has 1 fully saturated rings. The lowest BCUT2D eigenvalue weighted by Crippen LogP contribution is -2.27. The van der Waals surface area contributed by atoms with Crippen molar-refractivity contribution in [2.24, 2.45) is 0 Å². The van der Waals surface area contributed by atoms with Gasteiger partial charge in [-0.05, 0) is 24.0 Å². The zero-order valence-corrected chi connectivity index (χ0v) is 16.5. The van der Waals surface area contributed by atoms with Crippen LogP contribution >= 0.6 is 11.6 Å². The van der Waals surface area contributed by atoms with E-state index in [0.717, 1.165) is 24.0 Å². The number of hydrogen-bond donors (Lipinski definition) is 1. The van der Waals surface area contributed by atoms with E-state index in [1.807, 2.05) is 65.6 Å². The number of anilines is 2. The molecule has 0 unspecified atom stereocenters. The molecule has 0 saturated heterocycles. The standard InChI is InChI=1S/C22H21ClN4O2/c23-21-18(13-15-7-3-1-4-8-15)19(24)20(27(28)29)22(25-21)26(17-11-12-17)14-16-9-5-2-6-10-16/h1-10,17H,11-14H2,(H2,24,25). The molecule has 2 aromatic carbocycles. The number of benzene rings is 2. The summed E-state index contributed by atoms with van der Waals surface area (Å²) in [6.45, 7) is 0.521. The van der Waals surface area contributed by atoms with Gasteiger partial charge in [0.05, 0.1) is 4.92 Å². The summed E-state index contributed by atoms with van der Waals surface area (Å²) in [5.41, 5.74) is 8.73. The van der Waals surface area contributed by atoms with Crippen LogP contribution in [0.3, 0.4) is 0 Å². The van der Waals surface area contributed by atoms with Crippen molar-refractivity contribution in [3.8, 4) is 0 Å². The summed E-state index contributed by atoms with van der Waals surface area (Å²) in [4.78, 5) is 18.0. The minimum absolute atomic E-state index is 0.0903. The number of nitrogen functional groups attached to an aromatic ring is 1. The lowest BCUT2D eigenvalue weighted by molar-refractivity contribution is -0.383. The second kappa shape index (κ2) is 8.09. The maximum atomic E-state index is 12.0. The zero-order chi connectivity index (χ0) is 20.4. The van der Waals surface area contributed by atoms with Gasteiger partial charge in [-0.2, -0.15) is 0 Å². The Bertz CT molecular complexity index is 1020. The van der Waals surface area contributed by atoms with E-state index in [1.54, 1.807) is 0 Å². The minimum atomic E-state index is -0.442. The molecular weight excluding hydrogens is 388 g/mol. The van der Waals surface area contributed by atoms with Gasteiger partial charge >= 0.3 is 5.69 Å². The van der Waals surface area contributed by atoms with Crippen LogP contribution in [0.1, 0.15) is 29.5 Å². The molecule has 1 aliphatic carbocycles. The molecule has 29 heavy (non-hydrogen) atoms. The normalized spacial score (nSPS) is 13.3. The molecule has 3 aromatic rings. The highest BCUT2D eigenvalue weighted by Gasteiger charge is 2.37. The third kappa shape index (κ3) is 4.17. The van der Waals surface area contributed by atoms with Crippen molar-refractivity contribution in [1.29, 1.82) is 0 Å². The maximum Gasteiger partial charge on any atom is 0.334 e. The molecule has 1 heterocycles. The van der Waals surface area contributed by atoms with Gasteiger partial charge in [-0.1, -0.05) is 72.3 Å². The second-order valence-corrected chi connectivity index (χ2v) is 7.59. The summed E-state index contributed by atoms with van der Waals surface area (Å²) in [5, 5.41) is 12.2. The van der Waals surface area contributed by atoms with Crippen LogP contribution in [0.25, 0.3) is 0 Å². The minimum Gasteiger partial charge on any atom is -0.393 e. The lowest BCUT2D eigenvalue weighted by Gasteiger charge is -2.25. The number of pyridine rings is 1. The molecular formula is C22H21ClN4O2. The molecule has 0 atom stereocenters. The summed E-state index contributed by atoms with van der Waals surface area (Å²) in [6.07, 6.45) is 2.33. The summed E-state index contributed by atoms with van der Waals surface area (Å²) in [5.74, 6) is 0.251. The number of nitrogens with two attached hydrogens (primary N) is 1. The SMILES string of the molecule is Nc1c(Cc2ccccc2)c(Cl)nc(N(Cc2ccccc2)C2CC2)c1[N+](=O)[O-]. The Balaban J connectivity index is 1.77. The first-order valence-electron chi connectivity index (χ1n) is 9.51. The fourth-order valence-electron chi connectivity index (χ4n) is 3.48. The number of halogens is 1. The van der Waals surface area contributed by atoms with E-state index in [-0.39, 0.29) is 28.4 Å². The summed E-state index contributed by atoms with van der Waals surface area (Å²) in [7, 11) is 0. The Morgan fingerprint density at radius 2 is 1.66 bits per heavy atom. The number of rotatable bonds is 7. The third-order valence-electron chi connectivity index (χ3n) is 5.11. The average molecular weight is 409 g/mol. The van der Waals surface area contributed by atoms with Crippen LogP contribution in [-0.4, -0.2) is 15.9 Å². The fourth-order valence-corrected chi connectivity index (χ4v) is 3.73. The molecule has 4 rings (SSSR count). The molecule has 0 aliphatic heterocycles. The molecule has 2 N–H and O–H groups in total. The van der Waals surface area contributed by atoms with Gasteiger partial charge in [-0.25, -0.2) is 4.98 Å². The first kappa shape index (κ1) is 19.2. The highest BCUT2D eigenvalue weighted by atomic mass is 35.5. The lowest BCUT2D eigenvalue weighted by atomic mass is 10.0. The molecule has 0 bridgehead atoms. The van der Waals surface area contributed by atoms with Gasteiger partial charge in [0.25, 0.3) is 0 Å². The van der Waals surface area contributed by atoms with Crippen LogP contribution in [0.2, 0.25) is 5.15 Å². The quantitative estimate of drug-likeness (QED) is 0.338. The highest BCUT2D eigenvalue weighted by Crippen LogP contribution is 2.43. The number of nitro groups is 1. The average Bonchev–Trinajstić information content (AvgIpc) is 3.55. The van der Waals surface area contributed by atoms with Crippen LogP contribution in [0.4, 0.5) is 17.2 Å². The van der Waals surface area contributed by atoms with Gasteiger partial charge in [-0.15, -0.1) is 0 Å². The Hall–Kier alpha value is -3.12. The monoisotopic (exact) mass is 408 g/mol. The van der Waals surface area contributed by atoms with Crippen molar-refractivity contribution in [1.82, 2.24) is 4.98 Å². The molecule has 0 radical (unpaired) electrons. The van der Waals surface area contributed by atoms with E-state index in [9.17, 15) is 10.1 Å². The summed E-state index contributed by atoms with van der Waals surface area (Å²) < 4.78 is 0. The summed E-state index contributed by atoms with van der Waals surface area (Å²) in [6, 6.07) is 19.6. The van der Waals surface area contributed by atoms with Gasteiger partial charge in [0.1, 0.15) is 10.8 Å². The molecule has 7 heteroatoms. The molecule has 1 aliphatic rings. The van der Waals surface area contributed by atoms with Crippen molar-refractivity contribution in [3.05, 3.63) is 92.6 Å². The largest absolute Gasteiger partial charge is 0.393 e. The van der Waals surface area contributed by atoms with Crippen molar-refractivity contribution >= 4 is 28.8 Å². The van der Waals surface area contributed by atoms with Crippen molar-refractivity contribution in [3.63, 3.8) is 0 Å². The predicted molar refractivity (Wildman–Crippen MR) is 115 cm³/mol. The van der Waals surface area contributed by atoms with E-state index in [1.165, 1.54) is 0 Å². The van der Waals surface area contributed by atoms with Crippen LogP contribution in [-0.2, 0) is 13.0 Å². The van der Waals surface area contributed by atoms with Crippen LogP contribution in [0.5, 0.6) is 0 Å². The topological polar surface area (TPSA) is 85.3 Å². The van der Waals surface area contributed by atoms with E-state index in [0.29, 0.717) is 18.5 Å². The molecule has 1 aromatic heterocycles. The van der Waals surface area contributed by atoms with Crippen LogP contribution in [0, 0.1) is 10.1 Å². The number of aromatic nitrogens is 1. The molecule has 1 saturated carbocycles. The van der Waals surface area contributed by atoms with E-state index >= 15 is 0 Å². The van der Waals surface area contributed by atoms with Gasteiger partial charge in [-0.3, -0.25) is 10.1 Å². The molecule has 148 valence electrons. The van der Waals surface area contributed by atoms with E-state index < -0.39 is 4.92 Å². The second-order valence-electron chi connectivity index (χ2n) is 7.23. The first-order chi connectivity index (χ1) is 14.0. The maximum absolute atomic E-state index is 12.0. The van der Waals surface area contributed by atoms with Gasteiger partial charge in [0, 0.05) is 24.6 Å². The molecule has 0 amide bonds. The molecule has 0 spiro atoms. The smallest absolute Gasteiger partial charge is 0.334 e. The van der Waals surface area contributed by atoms with Gasteiger partial charge < -0.3 is 10.6 Å². The van der Waals surface area contributed by atoms with Crippen LogP contribution < -0.4 is 10.6 Å². The van der Waals surface area contributed by atoms with Gasteiger partial charge in [0.2, 0.25) is 5.82 Å². The third-order valence-corrected chi connectivity index (χ3v) is 5.42. The Morgan fingerprint density at radius 3 is 2.21 bits per heavy atom. The van der Waals surface area contributed by atoms with Crippen molar-refractivity contribution in [2.75, 3.05) is 10.6 Å². The van der Waals surface area contributed by atoms with Crippen molar-refractivity contribution < 1.29 is 4.92 Å². The molecule has 6 nitrogen and oxygen atoms in total. The van der Waals surface area contributed by atoms with Crippen LogP contribution in [0.15, 0.2) is 60.7 Å². The Kier molecular flexibility index (Phi) is 5.36. The Morgan fingerprint density at radius 1 is 1.07 bits per heavy atom. The number of hydrogen-bond acceptors (Lipinski definition) is 5. The van der Waals surface area contributed by atoms with Crippen molar-refractivity contribution in [2.45, 2.75) is 31.8 Å². The predicted octanol–water partition coefficient (Wildman–Crippen LogP) is 4.99. The highest BCUT2D eigenvalue weighted by molar-refractivity contribution is 6.31. The zero-order valence-electron chi connectivity index (χ0n) is 15.8.